The standard InChI is InChI=1S/C11H15ClN4O/c12-8-7-15-4-1-9(8)16-5-2-11(14,3-6-16)10(13)17/h1,4,7H,2-3,5-6,14H2,(H2,13,17). The molecular weight excluding hydrogens is 240 g/mol. The van der Waals surface area contributed by atoms with E-state index in [-0.39, 0.29) is 0 Å². The fourth-order valence-corrected chi connectivity index (χ4v) is 2.26. The van der Waals surface area contributed by atoms with Gasteiger partial charge in [0.25, 0.3) is 0 Å². The molecule has 0 atom stereocenters. The van der Waals surface area contributed by atoms with Crippen molar-refractivity contribution in [3.63, 3.8) is 0 Å². The van der Waals surface area contributed by atoms with E-state index in [1.165, 1.54) is 0 Å². The van der Waals surface area contributed by atoms with Crippen molar-refractivity contribution in [1.82, 2.24) is 4.98 Å². The van der Waals surface area contributed by atoms with Gasteiger partial charge in [0.15, 0.2) is 0 Å². The number of hydrogen-bond acceptors (Lipinski definition) is 4. The number of anilines is 1. The Morgan fingerprint density at radius 1 is 1.47 bits per heavy atom. The maximum absolute atomic E-state index is 11.2. The van der Waals surface area contributed by atoms with Gasteiger partial charge in [0, 0.05) is 25.5 Å². The second-order valence-corrected chi connectivity index (χ2v) is 4.74. The quantitative estimate of drug-likeness (QED) is 0.806. The van der Waals surface area contributed by atoms with Crippen LogP contribution < -0.4 is 16.4 Å². The molecule has 6 heteroatoms. The van der Waals surface area contributed by atoms with Crippen LogP contribution in [0.25, 0.3) is 0 Å². The summed E-state index contributed by atoms with van der Waals surface area (Å²) >= 11 is 6.06. The molecule has 1 aromatic heterocycles. The Balaban J connectivity index is 2.10. The number of hydrogen-bond donors (Lipinski definition) is 2. The molecule has 0 radical (unpaired) electrons. The summed E-state index contributed by atoms with van der Waals surface area (Å²) < 4.78 is 0. The maximum Gasteiger partial charge on any atom is 0.237 e. The minimum atomic E-state index is -0.879. The number of nitrogens with two attached hydrogens (primary N) is 2. The Morgan fingerprint density at radius 3 is 2.65 bits per heavy atom. The number of halogens is 1. The monoisotopic (exact) mass is 254 g/mol. The highest BCUT2D eigenvalue weighted by Crippen LogP contribution is 2.29. The van der Waals surface area contributed by atoms with Crippen LogP contribution >= 0.6 is 11.6 Å². The zero-order valence-corrected chi connectivity index (χ0v) is 10.2. The first-order valence-electron chi connectivity index (χ1n) is 5.46. The van der Waals surface area contributed by atoms with Gasteiger partial charge in [-0.1, -0.05) is 11.6 Å². The predicted octanol–water partition coefficient (Wildman–Crippen LogP) is 0.518. The van der Waals surface area contributed by atoms with E-state index in [9.17, 15) is 4.79 Å². The van der Waals surface area contributed by atoms with Crippen LogP contribution in [0.5, 0.6) is 0 Å². The number of carbonyl (C=O) groups is 1. The summed E-state index contributed by atoms with van der Waals surface area (Å²) in [7, 11) is 0. The first kappa shape index (κ1) is 12.1. The molecule has 5 nitrogen and oxygen atoms in total. The third-order valence-electron chi connectivity index (χ3n) is 3.24. The Kier molecular flexibility index (Phi) is 3.22. The topological polar surface area (TPSA) is 85.2 Å². The molecule has 1 aliphatic rings. The number of primary amides is 1. The van der Waals surface area contributed by atoms with Gasteiger partial charge < -0.3 is 16.4 Å². The number of carbonyl (C=O) groups excluding carboxylic acids is 1. The first-order valence-corrected chi connectivity index (χ1v) is 5.84. The first-order chi connectivity index (χ1) is 8.03. The highest BCUT2D eigenvalue weighted by Gasteiger charge is 2.36. The SMILES string of the molecule is NC(=O)C1(N)CCN(c2ccncc2Cl)CC1. The molecule has 2 rings (SSSR count). The maximum atomic E-state index is 11.2. The van der Waals surface area contributed by atoms with Crippen LogP contribution in [0.2, 0.25) is 5.02 Å². The summed E-state index contributed by atoms with van der Waals surface area (Å²) in [6.45, 7) is 1.34. The minimum Gasteiger partial charge on any atom is -0.370 e. The van der Waals surface area contributed by atoms with Gasteiger partial charge in [-0.2, -0.15) is 0 Å². The molecule has 92 valence electrons. The van der Waals surface area contributed by atoms with Crippen LogP contribution in [-0.2, 0) is 4.79 Å². The second kappa shape index (κ2) is 4.50. The molecule has 0 spiro atoms. The second-order valence-electron chi connectivity index (χ2n) is 4.33. The van der Waals surface area contributed by atoms with E-state index >= 15 is 0 Å². The normalized spacial score (nSPS) is 19.1. The number of rotatable bonds is 2. The van der Waals surface area contributed by atoms with E-state index in [0.717, 1.165) is 5.69 Å². The lowest BCUT2D eigenvalue weighted by molar-refractivity contribution is -0.123. The number of pyridine rings is 1. The molecule has 0 saturated carbocycles. The van der Waals surface area contributed by atoms with Gasteiger partial charge in [-0.05, 0) is 18.9 Å². The Hall–Kier alpha value is -1.33. The molecule has 4 N–H and O–H groups in total. The van der Waals surface area contributed by atoms with Gasteiger partial charge in [-0.15, -0.1) is 0 Å². The van der Waals surface area contributed by atoms with E-state index in [2.05, 4.69) is 9.88 Å². The summed E-state index contributed by atoms with van der Waals surface area (Å²) in [4.78, 5) is 17.3. The molecule has 1 saturated heterocycles. The number of piperidine rings is 1. The number of aromatic nitrogens is 1. The summed E-state index contributed by atoms with van der Waals surface area (Å²) in [5, 5.41) is 0.607. The van der Waals surface area contributed by atoms with E-state index in [0.29, 0.717) is 31.0 Å². The van der Waals surface area contributed by atoms with Crippen LogP contribution in [0.3, 0.4) is 0 Å². The Bertz CT molecular complexity index is 429. The van der Waals surface area contributed by atoms with E-state index in [1.54, 1.807) is 12.4 Å². The molecule has 1 aliphatic heterocycles. The fraction of sp³-hybridized carbons (Fsp3) is 0.455. The van der Waals surface area contributed by atoms with Gasteiger partial charge in [0.05, 0.1) is 16.2 Å². The number of nitrogens with zero attached hydrogens (tertiary/aromatic N) is 2. The molecular formula is C11H15ClN4O. The van der Waals surface area contributed by atoms with Crippen molar-refractivity contribution < 1.29 is 4.79 Å². The molecule has 1 aromatic rings. The summed E-state index contributed by atoms with van der Waals surface area (Å²) in [5.74, 6) is -0.432. The molecule has 0 aromatic carbocycles. The van der Waals surface area contributed by atoms with Crippen LogP contribution in [0.15, 0.2) is 18.5 Å². The van der Waals surface area contributed by atoms with Crippen molar-refractivity contribution in [1.29, 1.82) is 0 Å². The van der Waals surface area contributed by atoms with Gasteiger partial charge in [0.1, 0.15) is 0 Å². The lowest BCUT2D eigenvalue weighted by Gasteiger charge is -2.38. The van der Waals surface area contributed by atoms with Crippen LogP contribution in [0, 0.1) is 0 Å². The van der Waals surface area contributed by atoms with Crippen molar-refractivity contribution in [3.05, 3.63) is 23.5 Å². The smallest absolute Gasteiger partial charge is 0.237 e. The highest BCUT2D eigenvalue weighted by molar-refractivity contribution is 6.33. The summed E-state index contributed by atoms with van der Waals surface area (Å²) in [5.41, 5.74) is 11.3. The highest BCUT2D eigenvalue weighted by atomic mass is 35.5. The third-order valence-corrected chi connectivity index (χ3v) is 3.53. The molecule has 1 amide bonds. The zero-order chi connectivity index (χ0) is 12.5. The Labute approximate surface area is 105 Å². The van der Waals surface area contributed by atoms with Crippen molar-refractivity contribution in [2.24, 2.45) is 11.5 Å². The zero-order valence-electron chi connectivity index (χ0n) is 9.40. The van der Waals surface area contributed by atoms with Crippen LogP contribution in [-0.4, -0.2) is 29.5 Å². The molecule has 17 heavy (non-hydrogen) atoms. The van der Waals surface area contributed by atoms with Gasteiger partial charge in [0.2, 0.25) is 5.91 Å². The molecule has 2 heterocycles. The van der Waals surface area contributed by atoms with Crippen molar-refractivity contribution in [2.75, 3.05) is 18.0 Å². The third kappa shape index (κ3) is 2.35. The Morgan fingerprint density at radius 2 is 2.12 bits per heavy atom. The lowest BCUT2D eigenvalue weighted by atomic mass is 9.88. The van der Waals surface area contributed by atoms with Crippen molar-refractivity contribution >= 4 is 23.2 Å². The predicted molar refractivity (Wildman–Crippen MR) is 66.8 cm³/mol. The van der Waals surface area contributed by atoms with Gasteiger partial charge in [-0.25, -0.2) is 0 Å². The molecule has 0 aliphatic carbocycles. The van der Waals surface area contributed by atoms with E-state index in [4.69, 9.17) is 23.1 Å². The summed E-state index contributed by atoms with van der Waals surface area (Å²) in [6, 6.07) is 1.86. The summed E-state index contributed by atoms with van der Waals surface area (Å²) in [6.07, 6.45) is 4.39. The van der Waals surface area contributed by atoms with Crippen molar-refractivity contribution in [3.8, 4) is 0 Å². The van der Waals surface area contributed by atoms with Crippen LogP contribution in [0.4, 0.5) is 5.69 Å². The van der Waals surface area contributed by atoms with E-state index in [1.807, 2.05) is 6.07 Å². The minimum absolute atomic E-state index is 0.432. The largest absolute Gasteiger partial charge is 0.370 e. The van der Waals surface area contributed by atoms with Gasteiger partial charge in [-0.3, -0.25) is 9.78 Å². The average molecular weight is 255 g/mol. The molecule has 0 unspecified atom stereocenters. The molecule has 1 fully saturated rings. The van der Waals surface area contributed by atoms with Crippen molar-refractivity contribution in [2.45, 2.75) is 18.4 Å². The number of amides is 1. The van der Waals surface area contributed by atoms with E-state index < -0.39 is 11.4 Å². The lowest BCUT2D eigenvalue weighted by Crippen LogP contribution is -2.58. The van der Waals surface area contributed by atoms with Crippen LogP contribution in [0.1, 0.15) is 12.8 Å². The fourth-order valence-electron chi connectivity index (χ4n) is 2.02. The molecule has 0 bridgehead atoms. The van der Waals surface area contributed by atoms with Gasteiger partial charge >= 0.3 is 0 Å². The average Bonchev–Trinajstić information content (AvgIpc) is 2.31.